The van der Waals surface area contributed by atoms with Crippen molar-refractivity contribution in [2.45, 2.75) is 26.2 Å². The molecule has 0 saturated heterocycles. The maximum Gasteiger partial charge on any atom is 0.305 e. The van der Waals surface area contributed by atoms with E-state index in [-0.39, 0.29) is 17.6 Å². The molecule has 0 atom stereocenters. The zero-order valence-electron chi connectivity index (χ0n) is 13.9. The highest BCUT2D eigenvalue weighted by molar-refractivity contribution is 6.06. The molecule has 0 radical (unpaired) electrons. The molecule has 0 spiro atoms. The van der Waals surface area contributed by atoms with Crippen molar-refractivity contribution in [3.05, 3.63) is 53.0 Å². The van der Waals surface area contributed by atoms with Gasteiger partial charge in [-0.15, -0.1) is 5.10 Å². The highest BCUT2D eigenvalue weighted by Gasteiger charge is 2.27. The van der Waals surface area contributed by atoms with Gasteiger partial charge >= 0.3 is 5.91 Å². The molecule has 0 saturated carbocycles. The number of amides is 1. The largest absolute Gasteiger partial charge is 0.455 e. The van der Waals surface area contributed by atoms with Crippen LogP contribution in [0, 0.1) is 6.92 Å². The number of hydrazine groups is 1. The van der Waals surface area contributed by atoms with Gasteiger partial charge < -0.3 is 15.9 Å². The fourth-order valence-corrected chi connectivity index (χ4v) is 2.81. The van der Waals surface area contributed by atoms with Gasteiger partial charge in [0, 0.05) is 17.5 Å². The molecule has 1 aromatic carbocycles. The number of furan rings is 1. The lowest BCUT2D eigenvalue weighted by Gasteiger charge is -2.11. The lowest BCUT2D eigenvalue weighted by Crippen LogP contribution is -2.29. The normalized spacial score (nSPS) is 14.7. The zero-order valence-corrected chi connectivity index (χ0v) is 13.9. The van der Waals surface area contributed by atoms with E-state index in [9.17, 15) is 4.79 Å². The number of aryl methyl sites for hydroxylation is 1. The van der Waals surface area contributed by atoms with Gasteiger partial charge in [-0.25, -0.2) is 0 Å². The fourth-order valence-electron chi connectivity index (χ4n) is 2.81. The van der Waals surface area contributed by atoms with Crippen LogP contribution >= 0.6 is 0 Å². The van der Waals surface area contributed by atoms with Crippen molar-refractivity contribution in [1.29, 1.82) is 0 Å². The van der Waals surface area contributed by atoms with E-state index in [0.29, 0.717) is 0 Å². The minimum absolute atomic E-state index is 0.106. The Morgan fingerprint density at radius 3 is 2.68 bits per heavy atom. The van der Waals surface area contributed by atoms with E-state index in [1.165, 1.54) is 0 Å². The minimum Gasteiger partial charge on any atom is -0.455 e. The molecule has 130 valence electrons. The molecular weight excluding hydrogens is 320 g/mol. The molecule has 0 unspecified atom stereocenters. The predicted octanol–water partition coefficient (Wildman–Crippen LogP) is 1.66. The molecule has 1 aromatic heterocycles. The molecule has 0 fully saturated rings. The lowest BCUT2D eigenvalue weighted by molar-refractivity contribution is 0.0932. The average molecular weight is 340 g/mol. The van der Waals surface area contributed by atoms with E-state index in [0.717, 1.165) is 47.5 Å². The van der Waals surface area contributed by atoms with Gasteiger partial charge in [0.25, 0.3) is 0 Å². The first-order valence-corrected chi connectivity index (χ1v) is 7.95. The second-order valence-electron chi connectivity index (χ2n) is 5.72. The van der Waals surface area contributed by atoms with Crippen molar-refractivity contribution in [1.82, 2.24) is 5.43 Å². The van der Waals surface area contributed by atoms with Crippen LogP contribution in [0.3, 0.4) is 0 Å². The number of nitrogens with zero attached hydrogens (tertiary/aromatic N) is 2. The number of carbonyl (C=O) groups is 1. The average Bonchev–Trinajstić information content (AvgIpc) is 2.96. The maximum absolute atomic E-state index is 12.5. The van der Waals surface area contributed by atoms with E-state index in [2.05, 4.69) is 21.1 Å². The SMILES string of the molecule is Cc1c(C(=O)NNc2ccccc2)oc2c1/C(=N/N=C(N)N)CCC2. The molecular formula is C17H20N6O2. The Labute approximate surface area is 145 Å². The van der Waals surface area contributed by atoms with Crippen molar-refractivity contribution in [3.63, 3.8) is 0 Å². The molecule has 3 rings (SSSR count). The number of benzene rings is 1. The Hall–Kier alpha value is -3.29. The molecule has 1 aliphatic rings. The number of carbonyl (C=O) groups excluding carboxylic acids is 1. The molecule has 6 N–H and O–H groups in total. The predicted molar refractivity (Wildman–Crippen MR) is 96.3 cm³/mol. The Morgan fingerprint density at radius 2 is 1.96 bits per heavy atom. The van der Waals surface area contributed by atoms with E-state index in [1.807, 2.05) is 37.3 Å². The summed E-state index contributed by atoms with van der Waals surface area (Å²) in [5.74, 6) is 0.536. The van der Waals surface area contributed by atoms with Crippen molar-refractivity contribution in [3.8, 4) is 0 Å². The monoisotopic (exact) mass is 340 g/mol. The molecule has 8 nitrogen and oxygen atoms in total. The summed E-state index contributed by atoms with van der Waals surface area (Å²) in [7, 11) is 0. The van der Waals surface area contributed by atoms with Crippen LogP contribution in [-0.2, 0) is 6.42 Å². The van der Waals surface area contributed by atoms with Crippen LogP contribution in [0.4, 0.5) is 5.69 Å². The van der Waals surface area contributed by atoms with Crippen molar-refractivity contribution >= 4 is 23.3 Å². The zero-order chi connectivity index (χ0) is 17.8. The number of nitrogens with one attached hydrogen (secondary N) is 2. The van der Waals surface area contributed by atoms with Crippen LogP contribution in [0.2, 0.25) is 0 Å². The fraction of sp³-hybridized carbons (Fsp3) is 0.235. The first-order chi connectivity index (χ1) is 12.1. The quantitative estimate of drug-likeness (QED) is 0.382. The summed E-state index contributed by atoms with van der Waals surface area (Å²) in [5, 5.41) is 7.82. The number of hydrogen-bond donors (Lipinski definition) is 4. The minimum atomic E-state index is -0.350. The lowest BCUT2D eigenvalue weighted by atomic mass is 9.93. The van der Waals surface area contributed by atoms with Gasteiger partial charge in [-0.05, 0) is 31.9 Å². The third-order valence-corrected chi connectivity index (χ3v) is 3.91. The molecule has 1 heterocycles. The topological polar surface area (TPSA) is 131 Å². The van der Waals surface area contributed by atoms with Crippen LogP contribution in [-0.4, -0.2) is 17.6 Å². The number of anilines is 1. The third kappa shape index (κ3) is 3.63. The maximum atomic E-state index is 12.5. The summed E-state index contributed by atoms with van der Waals surface area (Å²) >= 11 is 0. The Kier molecular flexibility index (Phi) is 4.69. The van der Waals surface area contributed by atoms with E-state index >= 15 is 0 Å². The van der Waals surface area contributed by atoms with Crippen LogP contribution in [0.1, 0.15) is 40.3 Å². The number of nitrogens with two attached hydrogens (primary N) is 2. The van der Waals surface area contributed by atoms with Crippen LogP contribution in [0.15, 0.2) is 45.0 Å². The summed E-state index contributed by atoms with van der Waals surface area (Å²) in [6.45, 7) is 1.83. The molecule has 25 heavy (non-hydrogen) atoms. The van der Waals surface area contributed by atoms with Gasteiger partial charge in [0.1, 0.15) is 5.76 Å². The van der Waals surface area contributed by atoms with Gasteiger partial charge in [-0.2, -0.15) is 5.10 Å². The van der Waals surface area contributed by atoms with Crippen LogP contribution in [0.5, 0.6) is 0 Å². The van der Waals surface area contributed by atoms with Crippen LogP contribution in [0.25, 0.3) is 0 Å². The molecule has 0 bridgehead atoms. The molecule has 0 aliphatic heterocycles. The van der Waals surface area contributed by atoms with Gasteiger partial charge in [-0.3, -0.25) is 15.6 Å². The first kappa shape index (κ1) is 16.6. The summed E-state index contributed by atoms with van der Waals surface area (Å²) in [6, 6.07) is 9.34. The molecule has 1 aliphatic carbocycles. The van der Waals surface area contributed by atoms with E-state index in [4.69, 9.17) is 15.9 Å². The number of fused-ring (bicyclic) bond motifs is 1. The summed E-state index contributed by atoms with van der Waals surface area (Å²) in [6.07, 6.45) is 2.34. The number of para-hydroxylation sites is 1. The Balaban J connectivity index is 1.83. The second kappa shape index (κ2) is 7.08. The van der Waals surface area contributed by atoms with Crippen molar-refractivity contribution < 1.29 is 9.21 Å². The van der Waals surface area contributed by atoms with Crippen molar-refractivity contribution in [2.24, 2.45) is 21.7 Å². The second-order valence-corrected chi connectivity index (χ2v) is 5.72. The summed E-state index contributed by atoms with van der Waals surface area (Å²) in [5.41, 5.74) is 19.2. The smallest absolute Gasteiger partial charge is 0.305 e. The first-order valence-electron chi connectivity index (χ1n) is 7.95. The van der Waals surface area contributed by atoms with Gasteiger partial charge in [-0.1, -0.05) is 18.2 Å². The highest BCUT2D eigenvalue weighted by atomic mass is 16.4. The summed E-state index contributed by atoms with van der Waals surface area (Å²) < 4.78 is 5.78. The number of rotatable bonds is 4. The summed E-state index contributed by atoms with van der Waals surface area (Å²) in [4.78, 5) is 12.5. The van der Waals surface area contributed by atoms with Gasteiger partial charge in [0.15, 0.2) is 5.76 Å². The molecule has 1 amide bonds. The Bertz CT molecular complexity index is 834. The highest BCUT2D eigenvalue weighted by Crippen LogP contribution is 2.30. The van der Waals surface area contributed by atoms with Gasteiger partial charge in [0.05, 0.1) is 11.4 Å². The van der Waals surface area contributed by atoms with Crippen molar-refractivity contribution in [2.75, 3.05) is 5.43 Å². The van der Waals surface area contributed by atoms with E-state index < -0.39 is 0 Å². The number of guanidine groups is 1. The van der Waals surface area contributed by atoms with Crippen LogP contribution < -0.4 is 22.3 Å². The molecule has 8 heteroatoms. The van der Waals surface area contributed by atoms with Gasteiger partial charge in [0.2, 0.25) is 5.96 Å². The van der Waals surface area contributed by atoms with E-state index in [1.54, 1.807) is 0 Å². The number of hydrogen-bond acceptors (Lipinski definition) is 5. The molecule has 2 aromatic rings. The standard InChI is InChI=1S/C17H20N6O2/c1-10-14-12(21-23-17(18)19)8-5-9-13(14)25-15(10)16(24)22-20-11-6-3-2-4-7-11/h2-4,6-7,20H,5,8-9H2,1H3,(H,22,24)(H4,18,19,23)/b21-12+. The third-order valence-electron chi connectivity index (χ3n) is 3.91. The Morgan fingerprint density at radius 1 is 1.20 bits per heavy atom.